The Labute approximate surface area is 136 Å². The monoisotopic (exact) mass is 321 g/mol. The molecule has 0 bridgehead atoms. The average Bonchev–Trinajstić information content (AvgIpc) is 2.51. The fraction of sp³-hybridized carbons (Fsp3) is 0.500. The van der Waals surface area contributed by atoms with E-state index in [0.717, 1.165) is 12.0 Å². The highest BCUT2D eigenvalue weighted by Gasteiger charge is 2.27. The van der Waals surface area contributed by atoms with E-state index in [4.69, 9.17) is 9.47 Å². The first kappa shape index (κ1) is 17.6. The second-order valence-corrected chi connectivity index (χ2v) is 5.99. The zero-order valence-corrected chi connectivity index (χ0v) is 13.7. The van der Waals surface area contributed by atoms with Crippen LogP contribution in [0.5, 0.6) is 0 Å². The maximum atomic E-state index is 12.9. The van der Waals surface area contributed by atoms with E-state index in [1.54, 1.807) is 12.1 Å². The van der Waals surface area contributed by atoms with Crippen molar-refractivity contribution < 1.29 is 18.7 Å². The third-order valence-corrected chi connectivity index (χ3v) is 3.72. The Kier molecular flexibility index (Phi) is 6.74. The zero-order valence-electron chi connectivity index (χ0n) is 13.7. The number of halogens is 1. The molecule has 4 nitrogen and oxygen atoms in total. The van der Waals surface area contributed by atoms with E-state index in [-0.39, 0.29) is 30.3 Å². The fourth-order valence-corrected chi connectivity index (χ4v) is 2.44. The maximum absolute atomic E-state index is 12.9. The lowest BCUT2D eigenvalue weighted by Gasteiger charge is -2.32. The van der Waals surface area contributed by atoms with Crippen LogP contribution >= 0.6 is 0 Å². The van der Waals surface area contributed by atoms with Crippen molar-refractivity contribution in [1.29, 1.82) is 0 Å². The molecule has 0 unspecified atom stereocenters. The van der Waals surface area contributed by atoms with Crippen molar-refractivity contribution in [3.63, 3.8) is 0 Å². The Hall–Kier alpha value is -1.72. The zero-order chi connectivity index (χ0) is 16.7. The van der Waals surface area contributed by atoms with Gasteiger partial charge in [-0.2, -0.15) is 0 Å². The summed E-state index contributed by atoms with van der Waals surface area (Å²) in [5.41, 5.74) is 1.98. The van der Waals surface area contributed by atoms with E-state index >= 15 is 0 Å². The maximum Gasteiger partial charge on any atom is 0.224 e. The molecule has 5 heteroatoms. The first-order chi connectivity index (χ1) is 11.0. The molecule has 0 spiro atoms. The van der Waals surface area contributed by atoms with Gasteiger partial charge >= 0.3 is 0 Å². The first-order valence-corrected chi connectivity index (χ1v) is 7.91. The minimum absolute atomic E-state index is 0.0449. The molecule has 23 heavy (non-hydrogen) atoms. The summed E-state index contributed by atoms with van der Waals surface area (Å²) in [6.07, 6.45) is 2.96. The molecule has 0 aliphatic carbocycles. The van der Waals surface area contributed by atoms with Gasteiger partial charge in [-0.05, 0) is 38.0 Å². The van der Waals surface area contributed by atoms with Crippen LogP contribution in [0.1, 0.15) is 25.8 Å². The summed E-state index contributed by atoms with van der Waals surface area (Å²) in [4.78, 5) is 12.2. The minimum Gasteiger partial charge on any atom is -0.379 e. The number of benzene rings is 1. The quantitative estimate of drug-likeness (QED) is 0.819. The van der Waals surface area contributed by atoms with Gasteiger partial charge in [0.15, 0.2) is 0 Å². The van der Waals surface area contributed by atoms with Gasteiger partial charge in [-0.1, -0.05) is 23.8 Å². The van der Waals surface area contributed by atoms with Crippen molar-refractivity contribution in [2.24, 2.45) is 0 Å². The number of carbonyl (C=O) groups is 1. The molecule has 1 N–H and O–H groups in total. The van der Waals surface area contributed by atoms with E-state index in [1.807, 2.05) is 19.9 Å². The summed E-state index contributed by atoms with van der Waals surface area (Å²) in [6.45, 7) is 5.68. The van der Waals surface area contributed by atoms with E-state index in [9.17, 15) is 9.18 Å². The third-order valence-electron chi connectivity index (χ3n) is 3.72. The van der Waals surface area contributed by atoms with Gasteiger partial charge in [0.2, 0.25) is 5.91 Å². The standard InChI is InChI=1S/C18H24FNO3/c1-13(2)7-10-23-17-8-9-22-12-16(17)20-18(21)11-14-3-5-15(19)6-4-14/h3-7,16-17H,8-12H2,1-2H3,(H,20,21)/t16-,17+/m1/s1. The third kappa shape index (κ3) is 6.12. The largest absolute Gasteiger partial charge is 0.379 e. The summed E-state index contributed by atoms with van der Waals surface area (Å²) in [5, 5.41) is 2.97. The van der Waals surface area contributed by atoms with Crippen LogP contribution in [0.2, 0.25) is 0 Å². The Morgan fingerprint density at radius 2 is 2.13 bits per heavy atom. The predicted molar refractivity (Wildman–Crippen MR) is 86.6 cm³/mol. The van der Waals surface area contributed by atoms with E-state index in [1.165, 1.54) is 17.7 Å². The number of carbonyl (C=O) groups excluding carboxylic acids is 1. The molecular weight excluding hydrogens is 297 g/mol. The summed E-state index contributed by atoms with van der Waals surface area (Å²) in [5.74, 6) is -0.412. The van der Waals surface area contributed by atoms with Crippen molar-refractivity contribution in [3.05, 3.63) is 47.3 Å². The summed E-state index contributed by atoms with van der Waals surface area (Å²) in [7, 11) is 0. The molecule has 1 aliphatic heterocycles. The van der Waals surface area contributed by atoms with Crippen LogP contribution in [0.4, 0.5) is 4.39 Å². The highest BCUT2D eigenvalue weighted by molar-refractivity contribution is 5.78. The van der Waals surface area contributed by atoms with Crippen LogP contribution in [0.25, 0.3) is 0 Å². The highest BCUT2D eigenvalue weighted by Crippen LogP contribution is 2.13. The lowest BCUT2D eigenvalue weighted by atomic mass is 10.1. The molecule has 1 aromatic rings. The van der Waals surface area contributed by atoms with Crippen molar-refractivity contribution in [2.75, 3.05) is 19.8 Å². The summed E-state index contributed by atoms with van der Waals surface area (Å²) < 4.78 is 24.2. The molecular formula is C18H24FNO3. The van der Waals surface area contributed by atoms with Crippen molar-refractivity contribution in [2.45, 2.75) is 38.8 Å². The van der Waals surface area contributed by atoms with Crippen LogP contribution in [-0.2, 0) is 20.7 Å². The average molecular weight is 321 g/mol. The van der Waals surface area contributed by atoms with Gasteiger partial charge in [0.1, 0.15) is 5.82 Å². The molecule has 2 rings (SSSR count). The molecule has 1 aromatic carbocycles. The van der Waals surface area contributed by atoms with Crippen molar-refractivity contribution in [3.8, 4) is 0 Å². The normalized spacial score (nSPS) is 20.8. The second-order valence-electron chi connectivity index (χ2n) is 5.99. The molecule has 2 atom stereocenters. The van der Waals surface area contributed by atoms with Crippen LogP contribution in [0, 0.1) is 5.82 Å². The smallest absolute Gasteiger partial charge is 0.224 e. The first-order valence-electron chi connectivity index (χ1n) is 7.91. The van der Waals surface area contributed by atoms with Gasteiger partial charge in [-0.25, -0.2) is 4.39 Å². The molecule has 1 aliphatic rings. The van der Waals surface area contributed by atoms with Crippen LogP contribution in [-0.4, -0.2) is 37.9 Å². The van der Waals surface area contributed by atoms with Gasteiger partial charge in [-0.3, -0.25) is 4.79 Å². The summed E-state index contributed by atoms with van der Waals surface area (Å²) >= 11 is 0. The number of rotatable bonds is 6. The second kappa shape index (κ2) is 8.79. The molecule has 1 amide bonds. The van der Waals surface area contributed by atoms with E-state index in [2.05, 4.69) is 5.32 Å². The lowest BCUT2D eigenvalue weighted by molar-refractivity contribution is -0.125. The van der Waals surface area contributed by atoms with Crippen molar-refractivity contribution in [1.82, 2.24) is 5.32 Å². The molecule has 0 radical (unpaired) electrons. The number of amides is 1. The topological polar surface area (TPSA) is 47.6 Å². The van der Waals surface area contributed by atoms with Gasteiger partial charge in [-0.15, -0.1) is 0 Å². The minimum atomic E-state index is -0.303. The Morgan fingerprint density at radius 1 is 1.39 bits per heavy atom. The number of hydrogen-bond donors (Lipinski definition) is 1. The number of hydrogen-bond acceptors (Lipinski definition) is 3. The highest BCUT2D eigenvalue weighted by atomic mass is 19.1. The van der Waals surface area contributed by atoms with Gasteiger partial charge in [0.25, 0.3) is 0 Å². The molecule has 0 aromatic heterocycles. The number of allylic oxidation sites excluding steroid dienone is 1. The van der Waals surface area contributed by atoms with E-state index in [0.29, 0.717) is 19.8 Å². The fourth-order valence-electron chi connectivity index (χ4n) is 2.44. The van der Waals surface area contributed by atoms with Crippen LogP contribution in [0.3, 0.4) is 0 Å². The Balaban J connectivity index is 1.86. The Bertz CT molecular complexity index is 538. The van der Waals surface area contributed by atoms with Gasteiger partial charge < -0.3 is 14.8 Å². The van der Waals surface area contributed by atoms with Gasteiger partial charge in [0, 0.05) is 6.61 Å². The summed E-state index contributed by atoms with van der Waals surface area (Å²) in [6, 6.07) is 5.81. The molecule has 1 saturated heterocycles. The molecule has 0 saturated carbocycles. The number of nitrogens with one attached hydrogen (secondary N) is 1. The molecule has 126 valence electrons. The molecule has 1 fully saturated rings. The van der Waals surface area contributed by atoms with E-state index < -0.39 is 0 Å². The Morgan fingerprint density at radius 3 is 2.83 bits per heavy atom. The van der Waals surface area contributed by atoms with Crippen molar-refractivity contribution >= 4 is 5.91 Å². The van der Waals surface area contributed by atoms with Crippen LogP contribution in [0.15, 0.2) is 35.9 Å². The molecule has 1 heterocycles. The van der Waals surface area contributed by atoms with Gasteiger partial charge in [0.05, 0.1) is 31.8 Å². The SMILES string of the molecule is CC(C)=CCO[C@H]1CCOC[C@H]1NC(=O)Cc1ccc(F)cc1. The number of ether oxygens (including phenoxy) is 2. The van der Waals surface area contributed by atoms with Crippen LogP contribution < -0.4 is 5.32 Å². The predicted octanol–water partition coefficient (Wildman–Crippen LogP) is 2.62. The lowest BCUT2D eigenvalue weighted by Crippen LogP contribution is -2.51.